The van der Waals surface area contributed by atoms with Crippen molar-refractivity contribution in [2.24, 2.45) is 10.7 Å². The Bertz CT molecular complexity index is 1210. The number of benzene rings is 1. The summed E-state index contributed by atoms with van der Waals surface area (Å²) in [7, 11) is -3.08. The summed E-state index contributed by atoms with van der Waals surface area (Å²) >= 11 is 0. The molecule has 2 aliphatic heterocycles. The van der Waals surface area contributed by atoms with Crippen LogP contribution in [0.25, 0.3) is 0 Å². The molecular formula is C19H18F3N5O4S. The van der Waals surface area contributed by atoms with Gasteiger partial charge in [0.05, 0.1) is 12.8 Å². The van der Waals surface area contributed by atoms with Crippen molar-refractivity contribution in [2.75, 3.05) is 25.6 Å². The molecule has 32 heavy (non-hydrogen) atoms. The molecule has 3 atom stereocenters. The number of guanidine groups is 1. The van der Waals surface area contributed by atoms with E-state index in [0.717, 1.165) is 31.4 Å². The summed E-state index contributed by atoms with van der Waals surface area (Å²) in [6.07, 6.45) is -0.525. The minimum atomic E-state index is -4.24. The number of carbonyl (C=O) groups is 1. The van der Waals surface area contributed by atoms with E-state index in [1.807, 2.05) is 0 Å². The van der Waals surface area contributed by atoms with Gasteiger partial charge in [0.2, 0.25) is 16.0 Å². The number of alkyl halides is 1. The van der Waals surface area contributed by atoms with Gasteiger partial charge in [0.15, 0.2) is 0 Å². The van der Waals surface area contributed by atoms with Crippen LogP contribution in [0.1, 0.15) is 16.1 Å². The fourth-order valence-electron chi connectivity index (χ4n) is 3.88. The highest BCUT2D eigenvalue weighted by Gasteiger charge is 2.62. The fourth-order valence-corrected chi connectivity index (χ4v) is 5.80. The molecule has 0 unspecified atom stereocenters. The molecule has 2 aromatic rings. The van der Waals surface area contributed by atoms with Gasteiger partial charge in [0.25, 0.3) is 5.91 Å². The third-order valence-corrected chi connectivity index (χ3v) is 7.75. The van der Waals surface area contributed by atoms with Crippen molar-refractivity contribution in [3.8, 4) is 0 Å². The van der Waals surface area contributed by atoms with E-state index in [0.29, 0.717) is 4.31 Å². The zero-order valence-electron chi connectivity index (χ0n) is 16.6. The molecule has 170 valence electrons. The van der Waals surface area contributed by atoms with Crippen molar-refractivity contribution in [1.29, 1.82) is 0 Å². The van der Waals surface area contributed by atoms with E-state index in [1.165, 1.54) is 12.1 Å². The molecule has 13 heteroatoms. The van der Waals surface area contributed by atoms with Crippen LogP contribution in [0.15, 0.2) is 41.5 Å². The van der Waals surface area contributed by atoms with Crippen LogP contribution < -0.4 is 11.1 Å². The van der Waals surface area contributed by atoms with E-state index >= 15 is 0 Å². The normalized spacial score (nSPS) is 26.4. The van der Waals surface area contributed by atoms with E-state index < -0.39 is 63.7 Å². The number of aliphatic imine (C=N–C) groups is 1. The number of hydrogen-bond acceptors (Lipinski definition) is 7. The van der Waals surface area contributed by atoms with Crippen molar-refractivity contribution in [2.45, 2.75) is 16.9 Å². The van der Waals surface area contributed by atoms with Gasteiger partial charge in [-0.05, 0) is 30.3 Å². The number of carbonyl (C=O) groups excluding carboxylic acids is 1. The summed E-state index contributed by atoms with van der Waals surface area (Å²) in [5.74, 6) is -2.58. The summed E-state index contributed by atoms with van der Waals surface area (Å²) in [5.41, 5.74) is 3.69. The number of aromatic nitrogens is 1. The lowest BCUT2D eigenvalue weighted by Crippen LogP contribution is -2.59. The molecule has 0 radical (unpaired) electrons. The van der Waals surface area contributed by atoms with Crippen LogP contribution in [0, 0.1) is 11.6 Å². The van der Waals surface area contributed by atoms with Gasteiger partial charge in [-0.1, -0.05) is 0 Å². The number of halogens is 3. The summed E-state index contributed by atoms with van der Waals surface area (Å²) in [5, 5.41) is 0.909. The Balaban J connectivity index is 1.78. The average Bonchev–Trinajstić information content (AvgIpc) is 3.14. The topological polar surface area (TPSA) is 127 Å². The van der Waals surface area contributed by atoms with Crippen LogP contribution in [0.4, 0.5) is 18.9 Å². The Labute approximate surface area is 181 Å². The van der Waals surface area contributed by atoms with Gasteiger partial charge in [-0.2, -0.15) is 0 Å². The largest absolute Gasteiger partial charge is 0.371 e. The monoisotopic (exact) mass is 469 g/mol. The number of nitrogens with two attached hydrogens (primary N) is 1. The second-order valence-electron chi connectivity index (χ2n) is 7.34. The Morgan fingerprint density at radius 2 is 2.09 bits per heavy atom. The van der Waals surface area contributed by atoms with Gasteiger partial charge in [-0.25, -0.2) is 35.9 Å². The number of nitrogens with one attached hydrogen (secondary N) is 1. The highest BCUT2D eigenvalue weighted by atomic mass is 32.2. The van der Waals surface area contributed by atoms with E-state index in [9.17, 15) is 26.4 Å². The van der Waals surface area contributed by atoms with E-state index in [1.54, 1.807) is 0 Å². The standard InChI is InChI=1S/C19H18F3N5O4S/c1-27-18(23)26-19(9-31-15(7-20)16(19)32(27,29)30)12-6-11(3-4-13(12)22)25-17(28)14-5-2-10(21)8-24-14/h2-6,8,15-16H,7,9H2,1H3,(H2,23,26)(H,25,28)/t15-,16-,19+/m0/s1. The summed E-state index contributed by atoms with van der Waals surface area (Å²) in [4.78, 5) is 20.3. The fraction of sp³-hybridized carbons (Fsp3) is 0.316. The molecule has 0 saturated carbocycles. The predicted octanol–water partition coefficient (Wildman–Crippen LogP) is 1.13. The van der Waals surface area contributed by atoms with Crippen LogP contribution in [-0.2, 0) is 20.3 Å². The molecule has 3 N–H and O–H groups in total. The van der Waals surface area contributed by atoms with Gasteiger partial charge in [0.1, 0.15) is 40.9 Å². The lowest BCUT2D eigenvalue weighted by atomic mass is 9.86. The first-order chi connectivity index (χ1) is 15.1. The van der Waals surface area contributed by atoms with Crippen LogP contribution in [0.2, 0.25) is 0 Å². The van der Waals surface area contributed by atoms with E-state index in [4.69, 9.17) is 10.5 Å². The maximum absolute atomic E-state index is 15.0. The van der Waals surface area contributed by atoms with Gasteiger partial charge in [-0.15, -0.1) is 0 Å². The van der Waals surface area contributed by atoms with Crippen LogP contribution in [0.5, 0.6) is 0 Å². The molecule has 0 aliphatic carbocycles. The zero-order valence-corrected chi connectivity index (χ0v) is 17.4. The molecule has 1 aromatic heterocycles. The maximum atomic E-state index is 15.0. The van der Waals surface area contributed by atoms with Crippen molar-refractivity contribution in [3.63, 3.8) is 0 Å². The van der Waals surface area contributed by atoms with Gasteiger partial charge < -0.3 is 15.8 Å². The van der Waals surface area contributed by atoms with Gasteiger partial charge >= 0.3 is 0 Å². The van der Waals surface area contributed by atoms with Crippen molar-refractivity contribution in [1.82, 2.24) is 9.29 Å². The van der Waals surface area contributed by atoms with Crippen molar-refractivity contribution >= 4 is 27.6 Å². The minimum absolute atomic E-state index is 0.0828. The molecule has 3 heterocycles. The van der Waals surface area contributed by atoms with Gasteiger partial charge in [0, 0.05) is 18.3 Å². The first kappa shape index (κ1) is 22.0. The molecule has 0 bridgehead atoms. The first-order valence-electron chi connectivity index (χ1n) is 9.34. The quantitative estimate of drug-likeness (QED) is 0.691. The Morgan fingerprint density at radius 3 is 2.75 bits per heavy atom. The third kappa shape index (κ3) is 3.37. The molecule has 1 aromatic carbocycles. The summed E-state index contributed by atoms with van der Waals surface area (Å²) in [6, 6.07) is 5.65. The number of anilines is 1. The lowest BCUT2D eigenvalue weighted by Gasteiger charge is -2.39. The van der Waals surface area contributed by atoms with Crippen molar-refractivity contribution < 1.29 is 31.1 Å². The number of ether oxygens (including phenoxy) is 1. The molecule has 4 rings (SSSR count). The third-order valence-electron chi connectivity index (χ3n) is 5.47. The first-order valence-corrected chi connectivity index (χ1v) is 10.8. The lowest BCUT2D eigenvalue weighted by molar-refractivity contribution is 0.0847. The summed E-state index contributed by atoms with van der Waals surface area (Å²) < 4.78 is 73.7. The molecule has 0 spiro atoms. The predicted molar refractivity (Wildman–Crippen MR) is 108 cm³/mol. The zero-order chi connectivity index (χ0) is 23.3. The molecule has 1 fully saturated rings. The Hall–Kier alpha value is -3.19. The molecule has 1 amide bonds. The number of hydrogen-bond donors (Lipinski definition) is 2. The second kappa shape index (κ2) is 7.74. The molecule has 9 nitrogen and oxygen atoms in total. The smallest absolute Gasteiger partial charge is 0.274 e. The van der Waals surface area contributed by atoms with E-state index in [-0.39, 0.29) is 16.9 Å². The summed E-state index contributed by atoms with van der Waals surface area (Å²) in [6.45, 7) is -1.57. The average molecular weight is 469 g/mol. The number of nitrogens with zero attached hydrogens (tertiary/aromatic N) is 3. The van der Waals surface area contributed by atoms with E-state index in [2.05, 4.69) is 15.3 Å². The van der Waals surface area contributed by atoms with Crippen LogP contribution >= 0.6 is 0 Å². The second-order valence-corrected chi connectivity index (χ2v) is 9.43. The molecule has 2 aliphatic rings. The number of fused-ring (bicyclic) bond motifs is 1. The highest BCUT2D eigenvalue weighted by molar-refractivity contribution is 7.90. The van der Waals surface area contributed by atoms with Crippen molar-refractivity contribution in [3.05, 3.63) is 59.4 Å². The van der Waals surface area contributed by atoms with Gasteiger partial charge in [-0.3, -0.25) is 4.79 Å². The highest BCUT2D eigenvalue weighted by Crippen LogP contribution is 2.46. The maximum Gasteiger partial charge on any atom is 0.274 e. The minimum Gasteiger partial charge on any atom is -0.371 e. The Morgan fingerprint density at radius 1 is 1.34 bits per heavy atom. The molecule has 1 saturated heterocycles. The van der Waals surface area contributed by atoms with Crippen LogP contribution in [0.3, 0.4) is 0 Å². The SMILES string of the molecule is CN1C(N)=N[C@@]2(c3cc(NC(=O)c4ccc(F)cn4)ccc3F)CO[C@@H](CF)[C@@H]2S1(=O)=O. The number of pyridine rings is 1. The Kier molecular flexibility index (Phi) is 5.33. The number of sulfonamides is 1. The number of rotatable bonds is 4. The number of amides is 1. The molecular weight excluding hydrogens is 451 g/mol. The van der Waals surface area contributed by atoms with Crippen LogP contribution in [-0.4, -0.2) is 61.3 Å².